The number of rotatable bonds is 5. The maximum atomic E-state index is 6.25. The number of anilines is 3. The molecular formula is C54H41NO. The standard InChI is InChI=1S/C54H41NO/c1-53(2)46-18-10-8-15-41(46)44-32-49-45(33-48(44)53)43-31-39(29-30-47(43)54(49,3)4)55(37-25-21-35(22-26-37)34-13-6-5-7-14-34)38-27-23-36(24-28-38)40-17-12-20-51-52(40)42-16-9-11-19-50(42)56-51/h5-33H,1-4H3. The molecule has 8 aromatic carbocycles. The van der Waals surface area contributed by atoms with Crippen molar-refractivity contribution in [2.24, 2.45) is 0 Å². The van der Waals surface area contributed by atoms with Gasteiger partial charge in [-0.2, -0.15) is 0 Å². The van der Waals surface area contributed by atoms with Crippen molar-refractivity contribution < 1.29 is 4.42 Å². The average Bonchev–Trinajstić information content (AvgIpc) is 3.81. The van der Waals surface area contributed by atoms with E-state index in [0.29, 0.717) is 0 Å². The van der Waals surface area contributed by atoms with Gasteiger partial charge in [0.1, 0.15) is 11.2 Å². The first kappa shape index (κ1) is 32.8. The van der Waals surface area contributed by atoms with E-state index in [1.807, 2.05) is 12.1 Å². The number of hydrogen-bond donors (Lipinski definition) is 0. The molecule has 2 heteroatoms. The molecule has 0 unspecified atom stereocenters. The van der Waals surface area contributed by atoms with Crippen molar-refractivity contribution in [3.05, 3.63) is 198 Å². The molecule has 56 heavy (non-hydrogen) atoms. The summed E-state index contributed by atoms with van der Waals surface area (Å²) in [7, 11) is 0. The molecule has 268 valence electrons. The average molecular weight is 720 g/mol. The highest BCUT2D eigenvalue weighted by Gasteiger charge is 2.41. The van der Waals surface area contributed by atoms with Gasteiger partial charge < -0.3 is 9.32 Å². The van der Waals surface area contributed by atoms with E-state index >= 15 is 0 Å². The molecule has 0 fully saturated rings. The van der Waals surface area contributed by atoms with Crippen LogP contribution in [0.25, 0.3) is 66.4 Å². The lowest BCUT2D eigenvalue weighted by Crippen LogP contribution is -2.17. The Morgan fingerprint density at radius 1 is 0.357 bits per heavy atom. The smallest absolute Gasteiger partial charge is 0.136 e. The molecule has 0 radical (unpaired) electrons. The number of hydrogen-bond acceptors (Lipinski definition) is 2. The lowest BCUT2D eigenvalue weighted by atomic mass is 9.79. The second-order valence-electron chi connectivity index (χ2n) is 16.5. The van der Waals surface area contributed by atoms with E-state index < -0.39 is 0 Å². The molecule has 0 amide bonds. The zero-order chi connectivity index (χ0) is 37.8. The van der Waals surface area contributed by atoms with Gasteiger partial charge in [-0.1, -0.05) is 143 Å². The summed E-state index contributed by atoms with van der Waals surface area (Å²) in [5, 5.41) is 2.29. The van der Waals surface area contributed by atoms with E-state index in [4.69, 9.17) is 4.42 Å². The lowest BCUT2D eigenvalue weighted by molar-refractivity contribution is 0.652. The second-order valence-corrected chi connectivity index (χ2v) is 16.5. The van der Waals surface area contributed by atoms with Crippen LogP contribution in [-0.4, -0.2) is 0 Å². The fourth-order valence-corrected chi connectivity index (χ4v) is 9.76. The van der Waals surface area contributed by atoms with Crippen LogP contribution < -0.4 is 4.90 Å². The first-order valence-electron chi connectivity index (χ1n) is 19.7. The summed E-state index contributed by atoms with van der Waals surface area (Å²) < 4.78 is 6.25. The van der Waals surface area contributed by atoms with Gasteiger partial charge in [0.2, 0.25) is 0 Å². The van der Waals surface area contributed by atoms with Gasteiger partial charge in [0.25, 0.3) is 0 Å². The molecule has 2 aliphatic carbocycles. The predicted molar refractivity (Wildman–Crippen MR) is 234 cm³/mol. The largest absolute Gasteiger partial charge is 0.456 e. The molecule has 1 aromatic heterocycles. The van der Waals surface area contributed by atoms with Crippen LogP contribution in [0.15, 0.2) is 180 Å². The van der Waals surface area contributed by atoms with Crippen molar-refractivity contribution in [2.45, 2.75) is 38.5 Å². The van der Waals surface area contributed by atoms with Crippen molar-refractivity contribution >= 4 is 39.0 Å². The van der Waals surface area contributed by atoms with Crippen molar-refractivity contribution in [1.82, 2.24) is 0 Å². The quantitative estimate of drug-likeness (QED) is 0.176. The first-order chi connectivity index (χ1) is 27.3. The van der Waals surface area contributed by atoms with Crippen LogP contribution in [0.5, 0.6) is 0 Å². The maximum absolute atomic E-state index is 6.25. The SMILES string of the molecule is CC1(C)c2ccccc2-c2cc3c(cc21)-c1cc(N(c2ccc(-c4ccccc4)cc2)c2ccc(-c4cccc5oc6ccccc6c45)cc2)ccc1C3(C)C. The molecule has 0 atom stereocenters. The Kier molecular flexibility index (Phi) is 6.98. The highest BCUT2D eigenvalue weighted by Crippen LogP contribution is 2.57. The van der Waals surface area contributed by atoms with Gasteiger partial charge in [-0.25, -0.2) is 0 Å². The van der Waals surface area contributed by atoms with Crippen molar-refractivity contribution in [3.8, 4) is 44.5 Å². The number of nitrogens with zero attached hydrogens (tertiary/aromatic N) is 1. The Hall–Kier alpha value is -6.64. The van der Waals surface area contributed by atoms with E-state index in [2.05, 4.69) is 196 Å². The third kappa shape index (κ3) is 4.75. The Morgan fingerprint density at radius 3 is 1.61 bits per heavy atom. The van der Waals surface area contributed by atoms with Crippen LogP contribution in [0.1, 0.15) is 49.9 Å². The number of benzene rings is 8. The van der Waals surface area contributed by atoms with Crippen LogP contribution in [0.4, 0.5) is 17.1 Å². The second kappa shape index (κ2) is 11.9. The molecule has 11 rings (SSSR count). The van der Waals surface area contributed by atoms with Gasteiger partial charge in [-0.3, -0.25) is 0 Å². The minimum Gasteiger partial charge on any atom is -0.456 e. The summed E-state index contributed by atoms with van der Waals surface area (Å²) in [4.78, 5) is 2.41. The van der Waals surface area contributed by atoms with Gasteiger partial charge in [-0.05, 0) is 127 Å². The number of fused-ring (bicyclic) bond motifs is 9. The third-order valence-corrected chi connectivity index (χ3v) is 12.7. The molecule has 1 heterocycles. The molecule has 0 N–H and O–H groups in total. The zero-order valence-corrected chi connectivity index (χ0v) is 32.1. The minimum atomic E-state index is -0.123. The maximum Gasteiger partial charge on any atom is 0.136 e. The molecule has 0 bridgehead atoms. The molecule has 0 saturated heterocycles. The Labute approximate surface area is 328 Å². The normalized spacial score (nSPS) is 14.4. The monoisotopic (exact) mass is 719 g/mol. The molecule has 2 nitrogen and oxygen atoms in total. The van der Waals surface area contributed by atoms with Crippen molar-refractivity contribution in [2.75, 3.05) is 4.90 Å². The Balaban J connectivity index is 1.06. The Morgan fingerprint density at radius 2 is 0.875 bits per heavy atom. The van der Waals surface area contributed by atoms with Crippen molar-refractivity contribution in [3.63, 3.8) is 0 Å². The molecule has 2 aliphatic rings. The van der Waals surface area contributed by atoms with Gasteiger partial charge >= 0.3 is 0 Å². The first-order valence-corrected chi connectivity index (χ1v) is 19.7. The van der Waals surface area contributed by atoms with E-state index in [1.165, 1.54) is 61.2 Å². The van der Waals surface area contributed by atoms with Gasteiger partial charge in [0.05, 0.1) is 0 Å². The number of para-hydroxylation sites is 1. The molecule has 9 aromatic rings. The van der Waals surface area contributed by atoms with Gasteiger partial charge in [-0.15, -0.1) is 0 Å². The summed E-state index contributed by atoms with van der Waals surface area (Å²) in [5.41, 5.74) is 20.8. The van der Waals surface area contributed by atoms with E-state index in [1.54, 1.807) is 0 Å². The van der Waals surface area contributed by atoms with Gasteiger partial charge in [0, 0.05) is 38.7 Å². The highest BCUT2D eigenvalue weighted by atomic mass is 16.3. The third-order valence-electron chi connectivity index (χ3n) is 12.7. The topological polar surface area (TPSA) is 16.4 Å². The van der Waals surface area contributed by atoms with Crippen LogP contribution in [0.3, 0.4) is 0 Å². The van der Waals surface area contributed by atoms with E-state index in [0.717, 1.165) is 44.6 Å². The fraction of sp³-hybridized carbons (Fsp3) is 0.111. The summed E-state index contributed by atoms with van der Waals surface area (Å²) in [6.45, 7) is 9.53. The summed E-state index contributed by atoms with van der Waals surface area (Å²) in [6, 6.07) is 64.4. The van der Waals surface area contributed by atoms with Gasteiger partial charge in [0.15, 0.2) is 0 Å². The Bertz CT molecular complexity index is 3000. The molecule has 0 spiro atoms. The highest BCUT2D eigenvalue weighted by molar-refractivity contribution is 6.12. The molecule has 0 aliphatic heterocycles. The van der Waals surface area contributed by atoms with Crippen LogP contribution >= 0.6 is 0 Å². The van der Waals surface area contributed by atoms with E-state index in [9.17, 15) is 0 Å². The molecular weight excluding hydrogens is 679 g/mol. The molecule has 0 saturated carbocycles. The van der Waals surface area contributed by atoms with Crippen LogP contribution in [0, 0.1) is 0 Å². The van der Waals surface area contributed by atoms with Crippen LogP contribution in [0.2, 0.25) is 0 Å². The van der Waals surface area contributed by atoms with Crippen molar-refractivity contribution in [1.29, 1.82) is 0 Å². The summed E-state index contributed by atoms with van der Waals surface area (Å²) >= 11 is 0. The van der Waals surface area contributed by atoms with Crippen LogP contribution in [-0.2, 0) is 10.8 Å². The fourth-order valence-electron chi connectivity index (χ4n) is 9.76. The minimum absolute atomic E-state index is 0.0627. The predicted octanol–water partition coefficient (Wildman–Crippen LogP) is 15.0. The summed E-state index contributed by atoms with van der Waals surface area (Å²) in [6.07, 6.45) is 0. The number of furan rings is 1. The summed E-state index contributed by atoms with van der Waals surface area (Å²) in [5.74, 6) is 0. The lowest BCUT2D eigenvalue weighted by Gasteiger charge is -2.27. The van der Waals surface area contributed by atoms with E-state index in [-0.39, 0.29) is 10.8 Å². The zero-order valence-electron chi connectivity index (χ0n) is 32.1.